The van der Waals surface area contributed by atoms with E-state index in [4.69, 9.17) is 4.98 Å². The van der Waals surface area contributed by atoms with Gasteiger partial charge in [0.2, 0.25) is 0 Å². The van der Waals surface area contributed by atoms with Gasteiger partial charge >= 0.3 is 0 Å². The summed E-state index contributed by atoms with van der Waals surface area (Å²) in [5.74, 6) is 2.18. The average molecular weight is 373 g/mol. The number of para-hydroxylation sites is 1. The normalized spacial score (nSPS) is 19.6. The van der Waals surface area contributed by atoms with Crippen LogP contribution >= 0.6 is 0 Å². The number of likely N-dealkylation sites (N-methyl/N-ethyl adjacent to an activating group) is 1. The van der Waals surface area contributed by atoms with Crippen molar-refractivity contribution in [1.82, 2.24) is 24.6 Å². The number of hydrogen-bond acceptors (Lipinski definition) is 5. The number of sulfone groups is 1. The maximum absolute atomic E-state index is 11.7. The fraction of sp³-hybridized carbons (Fsp3) is 0.444. The van der Waals surface area contributed by atoms with E-state index in [9.17, 15) is 8.42 Å². The molecule has 0 aliphatic carbocycles. The molecule has 1 fully saturated rings. The summed E-state index contributed by atoms with van der Waals surface area (Å²) in [6, 6.07) is 8.22. The van der Waals surface area contributed by atoms with E-state index in [1.165, 1.54) is 0 Å². The summed E-state index contributed by atoms with van der Waals surface area (Å²) < 4.78 is 25.1. The minimum atomic E-state index is -2.86. The first-order chi connectivity index (χ1) is 12.4. The van der Waals surface area contributed by atoms with Gasteiger partial charge in [-0.1, -0.05) is 18.2 Å². The lowest BCUT2D eigenvalue weighted by molar-refractivity contribution is 0.262. The van der Waals surface area contributed by atoms with Crippen LogP contribution in [0.3, 0.4) is 0 Å². The Morgan fingerprint density at radius 3 is 2.92 bits per heavy atom. The lowest BCUT2D eigenvalue weighted by atomic mass is 10.2. The third kappa shape index (κ3) is 3.26. The zero-order chi connectivity index (χ0) is 18.3. The Balaban J connectivity index is 1.49. The van der Waals surface area contributed by atoms with Gasteiger partial charge in [0.1, 0.15) is 5.82 Å². The molecule has 1 aliphatic rings. The molecule has 0 radical (unpaired) electrons. The van der Waals surface area contributed by atoms with Gasteiger partial charge < -0.3 is 9.88 Å². The van der Waals surface area contributed by atoms with Gasteiger partial charge in [-0.2, -0.15) is 5.10 Å². The lowest BCUT2D eigenvalue weighted by Crippen LogP contribution is -2.34. The van der Waals surface area contributed by atoms with Crippen LogP contribution in [0.1, 0.15) is 12.2 Å². The molecule has 26 heavy (non-hydrogen) atoms. The fourth-order valence-electron chi connectivity index (χ4n) is 3.59. The molecule has 0 bridgehead atoms. The minimum Gasteiger partial charge on any atom is -0.360 e. The van der Waals surface area contributed by atoms with E-state index < -0.39 is 9.84 Å². The molecular formula is C18H23N5O2S. The van der Waals surface area contributed by atoms with Crippen molar-refractivity contribution >= 4 is 20.7 Å². The predicted octanol–water partition coefficient (Wildman–Crippen LogP) is 1.62. The Labute approximate surface area is 153 Å². The number of benzene rings is 1. The maximum atomic E-state index is 11.7. The standard InChI is InChI=1S/C18H23N5O2S/c1-22(13-8-10-26(24,25)12-13)9-7-17-20-18(21-23(17)2)15-11-19-16-6-4-3-5-14(15)16/h3-6,11,13,19H,7-10,12H2,1-2H3/t13-/m1/s1. The lowest BCUT2D eigenvalue weighted by Gasteiger charge is -2.22. The smallest absolute Gasteiger partial charge is 0.183 e. The number of aryl methyl sites for hydroxylation is 1. The topological polar surface area (TPSA) is 83.9 Å². The molecule has 1 N–H and O–H groups in total. The molecule has 1 aromatic carbocycles. The molecule has 8 heteroatoms. The monoisotopic (exact) mass is 373 g/mol. The highest BCUT2D eigenvalue weighted by Crippen LogP contribution is 2.26. The van der Waals surface area contributed by atoms with E-state index in [1.807, 2.05) is 43.2 Å². The van der Waals surface area contributed by atoms with Crippen molar-refractivity contribution in [3.63, 3.8) is 0 Å². The first-order valence-electron chi connectivity index (χ1n) is 8.80. The molecule has 7 nitrogen and oxygen atoms in total. The highest BCUT2D eigenvalue weighted by molar-refractivity contribution is 7.91. The summed E-state index contributed by atoms with van der Waals surface area (Å²) in [7, 11) is 1.04. The van der Waals surface area contributed by atoms with Crippen molar-refractivity contribution in [2.24, 2.45) is 7.05 Å². The molecule has 0 unspecified atom stereocenters. The molecule has 3 heterocycles. The van der Waals surface area contributed by atoms with Crippen molar-refractivity contribution < 1.29 is 8.42 Å². The molecule has 3 aromatic rings. The quantitative estimate of drug-likeness (QED) is 0.735. The zero-order valence-corrected chi connectivity index (χ0v) is 15.8. The first kappa shape index (κ1) is 17.2. The molecular weight excluding hydrogens is 350 g/mol. The summed E-state index contributed by atoms with van der Waals surface area (Å²) >= 11 is 0. The van der Waals surface area contributed by atoms with E-state index in [0.29, 0.717) is 11.6 Å². The Bertz CT molecular complexity index is 1040. The average Bonchev–Trinajstić information content (AvgIpc) is 3.29. The molecule has 0 amide bonds. The van der Waals surface area contributed by atoms with E-state index in [1.54, 1.807) is 0 Å². The molecule has 1 atom stereocenters. The fourth-order valence-corrected chi connectivity index (χ4v) is 5.39. The van der Waals surface area contributed by atoms with Crippen LogP contribution in [-0.2, 0) is 23.3 Å². The van der Waals surface area contributed by atoms with Gasteiger partial charge in [0.25, 0.3) is 0 Å². The van der Waals surface area contributed by atoms with E-state index in [0.717, 1.165) is 41.7 Å². The third-order valence-electron chi connectivity index (χ3n) is 5.20. The predicted molar refractivity (Wildman–Crippen MR) is 102 cm³/mol. The van der Waals surface area contributed by atoms with Gasteiger partial charge in [-0.05, 0) is 19.5 Å². The third-order valence-corrected chi connectivity index (χ3v) is 6.95. The highest BCUT2D eigenvalue weighted by atomic mass is 32.2. The van der Waals surface area contributed by atoms with Crippen molar-refractivity contribution in [2.45, 2.75) is 18.9 Å². The minimum absolute atomic E-state index is 0.112. The van der Waals surface area contributed by atoms with Crippen LogP contribution in [0.2, 0.25) is 0 Å². The van der Waals surface area contributed by atoms with Gasteiger partial charge in [0.15, 0.2) is 15.7 Å². The van der Waals surface area contributed by atoms with Gasteiger partial charge in [-0.15, -0.1) is 0 Å². The number of aromatic amines is 1. The second kappa shape index (κ2) is 6.51. The number of nitrogens with one attached hydrogen (secondary N) is 1. The Morgan fingerprint density at radius 2 is 2.15 bits per heavy atom. The van der Waals surface area contributed by atoms with Gasteiger partial charge in [-0.25, -0.2) is 13.4 Å². The Hall–Kier alpha value is -2.19. The molecule has 138 valence electrons. The van der Waals surface area contributed by atoms with Gasteiger partial charge in [0.05, 0.1) is 11.5 Å². The number of H-pyrrole nitrogens is 1. The maximum Gasteiger partial charge on any atom is 0.183 e. The second-order valence-corrected chi connectivity index (χ2v) is 9.24. The van der Waals surface area contributed by atoms with Crippen LogP contribution in [0.25, 0.3) is 22.3 Å². The SMILES string of the molecule is CN(CCc1nc(-c2c[nH]c3ccccc23)nn1C)[C@@H]1CCS(=O)(=O)C1. The molecule has 4 rings (SSSR count). The van der Waals surface area contributed by atoms with Crippen LogP contribution in [0, 0.1) is 0 Å². The summed E-state index contributed by atoms with van der Waals surface area (Å²) in [6.45, 7) is 0.764. The molecule has 1 saturated heterocycles. The zero-order valence-electron chi connectivity index (χ0n) is 15.0. The Kier molecular flexibility index (Phi) is 4.32. The van der Waals surface area contributed by atoms with E-state index in [2.05, 4.69) is 21.0 Å². The number of nitrogens with zero attached hydrogens (tertiary/aromatic N) is 4. The summed E-state index contributed by atoms with van der Waals surface area (Å²) in [5.41, 5.74) is 2.07. The molecule has 2 aromatic heterocycles. The summed E-state index contributed by atoms with van der Waals surface area (Å²) in [5, 5.41) is 5.68. The van der Waals surface area contributed by atoms with Crippen LogP contribution < -0.4 is 0 Å². The summed E-state index contributed by atoms with van der Waals surface area (Å²) in [6.07, 6.45) is 3.40. The van der Waals surface area contributed by atoms with Crippen LogP contribution in [0.4, 0.5) is 0 Å². The molecule has 1 aliphatic heterocycles. The van der Waals surface area contributed by atoms with Crippen LogP contribution in [0.5, 0.6) is 0 Å². The molecule has 0 spiro atoms. The van der Waals surface area contributed by atoms with Crippen LogP contribution in [0.15, 0.2) is 30.5 Å². The number of aromatic nitrogens is 4. The van der Waals surface area contributed by atoms with Crippen molar-refractivity contribution in [3.8, 4) is 11.4 Å². The van der Waals surface area contributed by atoms with E-state index in [-0.39, 0.29) is 11.8 Å². The van der Waals surface area contributed by atoms with Crippen molar-refractivity contribution in [3.05, 3.63) is 36.3 Å². The largest absolute Gasteiger partial charge is 0.360 e. The van der Waals surface area contributed by atoms with E-state index >= 15 is 0 Å². The second-order valence-electron chi connectivity index (χ2n) is 7.01. The van der Waals surface area contributed by atoms with Crippen LogP contribution in [-0.4, -0.2) is 64.2 Å². The highest BCUT2D eigenvalue weighted by Gasteiger charge is 2.30. The van der Waals surface area contributed by atoms with Gasteiger partial charge in [-0.3, -0.25) is 4.68 Å². The first-order valence-corrected chi connectivity index (χ1v) is 10.6. The number of rotatable bonds is 5. The summed E-state index contributed by atoms with van der Waals surface area (Å²) in [4.78, 5) is 10.1. The molecule has 0 saturated carbocycles. The number of hydrogen-bond donors (Lipinski definition) is 1. The number of fused-ring (bicyclic) bond motifs is 1. The van der Waals surface area contributed by atoms with Crippen molar-refractivity contribution in [2.75, 3.05) is 25.1 Å². The Morgan fingerprint density at radius 1 is 1.35 bits per heavy atom. The van der Waals surface area contributed by atoms with Gasteiger partial charge in [0, 0.05) is 48.7 Å². The van der Waals surface area contributed by atoms with Crippen molar-refractivity contribution in [1.29, 1.82) is 0 Å².